The van der Waals surface area contributed by atoms with Crippen molar-refractivity contribution in [3.8, 4) is 0 Å². The zero-order valence-electron chi connectivity index (χ0n) is 12.2. The van der Waals surface area contributed by atoms with E-state index in [1.165, 1.54) is 6.92 Å². The summed E-state index contributed by atoms with van der Waals surface area (Å²) in [4.78, 5) is 26.7. The maximum absolute atomic E-state index is 11.6. The first-order valence-electron chi connectivity index (χ1n) is 6.64. The molecular formula is C13H27N3O2. The summed E-state index contributed by atoms with van der Waals surface area (Å²) in [7, 11) is 4.01. The van der Waals surface area contributed by atoms with Gasteiger partial charge < -0.3 is 15.1 Å². The van der Waals surface area contributed by atoms with Crippen LogP contribution in [0.25, 0.3) is 0 Å². The second-order valence-electron chi connectivity index (χ2n) is 4.80. The van der Waals surface area contributed by atoms with Crippen LogP contribution in [-0.2, 0) is 9.59 Å². The summed E-state index contributed by atoms with van der Waals surface area (Å²) in [5.41, 5.74) is 0. The van der Waals surface area contributed by atoms with Gasteiger partial charge >= 0.3 is 0 Å². The first-order valence-corrected chi connectivity index (χ1v) is 6.64. The summed E-state index contributed by atoms with van der Waals surface area (Å²) in [5, 5.41) is 2.84. The lowest BCUT2D eigenvalue weighted by Gasteiger charge is -2.20. The Morgan fingerprint density at radius 1 is 1.11 bits per heavy atom. The van der Waals surface area contributed by atoms with E-state index in [4.69, 9.17) is 0 Å². The van der Waals surface area contributed by atoms with E-state index in [2.05, 4.69) is 17.1 Å². The van der Waals surface area contributed by atoms with Crippen LogP contribution in [0, 0.1) is 0 Å². The third-order valence-electron chi connectivity index (χ3n) is 2.67. The minimum atomic E-state index is -0.0694. The summed E-state index contributed by atoms with van der Waals surface area (Å²) in [6.45, 7) is 6.03. The van der Waals surface area contributed by atoms with Crippen molar-refractivity contribution in [3.05, 3.63) is 0 Å². The molecule has 0 aromatic heterocycles. The molecule has 5 nitrogen and oxygen atoms in total. The molecule has 18 heavy (non-hydrogen) atoms. The highest BCUT2D eigenvalue weighted by Gasteiger charge is 2.12. The zero-order chi connectivity index (χ0) is 14.0. The highest BCUT2D eigenvalue weighted by Crippen LogP contribution is 1.95. The van der Waals surface area contributed by atoms with Crippen LogP contribution < -0.4 is 5.32 Å². The molecule has 0 spiro atoms. The molecule has 106 valence electrons. The Morgan fingerprint density at radius 3 is 2.28 bits per heavy atom. The van der Waals surface area contributed by atoms with E-state index < -0.39 is 0 Å². The maximum atomic E-state index is 11.6. The SMILES string of the molecule is CCCCN(CC(=O)NCCCN(C)C)C(C)=O. The molecule has 0 aromatic carbocycles. The van der Waals surface area contributed by atoms with Crippen LogP contribution in [0.4, 0.5) is 0 Å². The maximum Gasteiger partial charge on any atom is 0.239 e. The number of nitrogens with one attached hydrogen (secondary N) is 1. The first kappa shape index (κ1) is 16.9. The average molecular weight is 257 g/mol. The van der Waals surface area contributed by atoms with Crippen LogP contribution >= 0.6 is 0 Å². The Hall–Kier alpha value is -1.10. The van der Waals surface area contributed by atoms with Crippen molar-refractivity contribution in [2.75, 3.05) is 40.3 Å². The number of carbonyl (C=O) groups is 2. The van der Waals surface area contributed by atoms with Gasteiger partial charge in [-0.05, 0) is 33.5 Å². The number of rotatable bonds is 9. The van der Waals surface area contributed by atoms with E-state index in [0.29, 0.717) is 13.1 Å². The Bertz CT molecular complexity index is 255. The monoisotopic (exact) mass is 257 g/mol. The molecule has 0 aliphatic rings. The summed E-state index contributed by atoms with van der Waals surface area (Å²) in [6, 6.07) is 0. The fourth-order valence-electron chi connectivity index (χ4n) is 1.55. The van der Waals surface area contributed by atoms with Crippen LogP contribution in [0.3, 0.4) is 0 Å². The molecular weight excluding hydrogens is 230 g/mol. The van der Waals surface area contributed by atoms with Gasteiger partial charge in [0.25, 0.3) is 0 Å². The number of carbonyl (C=O) groups excluding carboxylic acids is 2. The van der Waals surface area contributed by atoms with Crippen molar-refractivity contribution >= 4 is 11.8 Å². The minimum absolute atomic E-state index is 0.0353. The van der Waals surface area contributed by atoms with Gasteiger partial charge in [-0.25, -0.2) is 0 Å². The predicted molar refractivity (Wildman–Crippen MR) is 73.3 cm³/mol. The molecule has 0 heterocycles. The summed E-state index contributed by atoms with van der Waals surface area (Å²) >= 11 is 0. The van der Waals surface area contributed by atoms with Crippen molar-refractivity contribution in [2.45, 2.75) is 33.1 Å². The first-order chi connectivity index (χ1) is 8.47. The standard InChI is InChI=1S/C13H27N3O2/c1-5-6-10-16(12(2)17)11-13(18)14-8-7-9-15(3)4/h5-11H2,1-4H3,(H,14,18). The molecule has 0 aromatic rings. The largest absolute Gasteiger partial charge is 0.355 e. The van der Waals surface area contributed by atoms with E-state index in [1.54, 1.807) is 4.90 Å². The molecule has 0 unspecified atom stereocenters. The summed E-state index contributed by atoms with van der Waals surface area (Å²) in [5.74, 6) is -0.105. The van der Waals surface area contributed by atoms with Gasteiger partial charge in [0.1, 0.15) is 0 Å². The van der Waals surface area contributed by atoms with Crippen molar-refractivity contribution in [1.29, 1.82) is 0 Å². The van der Waals surface area contributed by atoms with Crippen molar-refractivity contribution in [3.63, 3.8) is 0 Å². The smallest absolute Gasteiger partial charge is 0.239 e. The van der Waals surface area contributed by atoms with Crippen molar-refractivity contribution in [2.24, 2.45) is 0 Å². The summed E-state index contributed by atoms with van der Waals surface area (Å²) < 4.78 is 0. The molecule has 2 amide bonds. The van der Waals surface area contributed by atoms with Gasteiger partial charge in [0, 0.05) is 20.0 Å². The molecule has 0 radical (unpaired) electrons. The van der Waals surface area contributed by atoms with Gasteiger partial charge in [-0.3, -0.25) is 9.59 Å². The van der Waals surface area contributed by atoms with Gasteiger partial charge in [0.15, 0.2) is 0 Å². The van der Waals surface area contributed by atoms with E-state index >= 15 is 0 Å². The van der Waals surface area contributed by atoms with E-state index in [-0.39, 0.29) is 18.4 Å². The minimum Gasteiger partial charge on any atom is -0.355 e. The fourth-order valence-corrected chi connectivity index (χ4v) is 1.55. The van der Waals surface area contributed by atoms with E-state index in [1.807, 2.05) is 14.1 Å². The molecule has 0 bridgehead atoms. The topological polar surface area (TPSA) is 52.7 Å². The third-order valence-corrected chi connectivity index (χ3v) is 2.67. The highest BCUT2D eigenvalue weighted by atomic mass is 16.2. The van der Waals surface area contributed by atoms with Gasteiger partial charge in [-0.2, -0.15) is 0 Å². The molecule has 0 saturated carbocycles. The van der Waals surface area contributed by atoms with Crippen LogP contribution in [0.2, 0.25) is 0 Å². The second-order valence-corrected chi connectivity index (χ2v) is 4.80. The van der Waals surface area contributed by atoms with E-state index in [9.17, 15) is 9.59 Å². The molecule has 0 fully saturated rings. The predicted octanol–water partition coefficient (Wildman–Crippen LogP) is 0.703. The molecule has 5 heteroatoms. The highest BCUT2D eigenvalue weighted by molar-refractivity contribution is 5.83. The number of amides is 2. The lowest BCUT2D eigenvalue weighted by Crippen LogP contribution is -2.40. The Morgan fingerprint density at radius 2 is 1.78 bits per heavy atom. The lowest BCUT2D eigenvalue weighted by atomic mass is 10.3. The number of nitrogens with zero attached hydrogens (tertiary/aromatic N) is 2. The quantitative estimate of drug-likeness (QED) is 0.619. The van der Waals surface area contributed by atoms with E-state index in [0.717, 1.165) is 25.8 Å². The second kappa shape index (κ2) is 9.88. The molecule has 0 aliphatic carbocycles. The van der Waals surface area contributed by atoms with Crippen LogP contribution in [0.1, 0.15) is 33.1 Å². The summed E-state index contributed by atoms with van der Waals surface area (Å²) in [6.07, 6.45) is 2.88. The van der Waals surface area contributed by atoms with Crippen LogP contribution in [-0.4, -0.2) is 61.9 Å². The Labute approximate surface area is 111 Å². The Balaban J connectivity index is 3.84. The number of hydrogen-bond donors (Lipinski definition) is 1. The van der Waals surface area contributed by atoms with Gasteiger partial charge in [0.05, 0.1) is 6.54 Å². The molecule has 0 rings (SSSR count). The van der Waals surface area contributed by atoms with Gasteiger partial charge in [0.2, 0.25) is 11.8 Å². The number of hydrogen-bond acceptors (Lipinski definition) is 3. The van der Waals surface area contributed by atoms with Crippen LogP contribution in [0.5, 0.6) is 0 Å². The van der Waals surface area contributed by atoms with Crippen molar-refractivity contribution in [1.82, 2.24) is 15.1 Å². The van der Waals surface area contributed by atoms with Gasteiger partial charge in [-0.15, -0.1) is 0 Å². The molecule has 0 atom stereocenters. The molecule has 0 aliphatic heterocycles. The zero-order valence-corrected chi connectivity index (χ0v) is 12.2. The lowest BCUT2D eigenvalue weighted by molar-refractivity contribution is -0.134. The number of unbranched alkanes of at least 4 members (excludes halogenated alkanes) is 1. The molecule has 1 N–H and O–H groups in total. The normalized spacial score (nSPS) is 10.5. The fraction of sp³-hybridized carbons (Fsp3) is 0.846. The Kier molecular flexibility index (Phi) is 9.28. The average Bonchev–Trinajstić information content (AvgIpc) is 2.29. The van der Waals surface area contributed by atoms with Crippen LogP contribution in [0.15, 0.2) is 0 Å². The third kappa shape index (κ3) is 8.98. The van der Waals surface area contributed by atoms with Crippen molar-refractivity contribution < 1.29 is 9.59 Å². The van der Waals surface area contributed by atoms with Gasteiger partial charge in [-0.1, -0.05) is 13.3 Å². The molecule has 0 saturated heterocycles.